The molecular formula is C29H32N6. The van der Waals surface area contributed by atoms with Crippen LogP contribution in [0.1, 0.15) is 28.6 Å². The lowest BCUT2D eigenvalue weighted by Gasteiger charge is -2.38. The zero-order valence-corrected chi connectivity index (χ0v) is 20.0. The molecule has 0 unspecified atom stereocenters. The maximum Gasteiger partial charge on any atom is 0.173 e. The molecule has 1 aliphatic rings. The first-order valence-electron chi connectivity index (χ1n) is 12.4. The number of allylic oxidation sites excluding steroid dienone is 1. The molecule has 1 fully saturated rings. The Morgan fingerprint density at radius 2 is 1.34 bits per heavy atom. The van der Waals surface area contributed by atoms with Gasteiger partial charge in [-0.15, -0.1) is 5.10 Å². The molecule has 3 aromatic carbocycles. The predicted octanol–water partition coefficient (Wildman–Crippen LogP) is 4.23. The second-order valence-electron chi connectivity index (χ2n) is 8.99. The number of benzene rings is 3. The van der Waals surface area contributed by atoms with E-state index in [0.29, 0.717) is 6.54 Å². The van der Waals surface area contributed by atoms with Crippen molar-refractivity contribution >= 4 is 0 Å². The van der Waals surface area contributed by atoms with Crippen LogP contribution in [0.25, 0.3) is 0 Å². The minimum atomic E-state index is 0.0330. The van der Waals surface area contributed by atoms with E-state index in [9.17, 15) is 0 Å². The number of tetrazole rings is 1. The molecule has 2 heterocycles. The third-order valence-electron chi connectivity index (χ3n) is 6.59. The SMILES string of the molecule is C(=C\CN1CCN([C@H](c2ccccc2)c2nnnn2Cc2ccccc2)CC1)/Cc1ccccc1. The van der Waals surface area contributed by atoms with E-state index in [1.807, 2.05) is 10.7 Å². The Hall–Kier alpha value is -3.61. The maximum absolute atomic E-state index is 4.51. The predicted molar refractivity (Wildman–Crippen MR) is 139 cm³/mol. The smallest absolute Gasteiger partial charge is 0.173 e. The summed E-state index contributed by atoms with van der Waals surface area (Å²) >= 11 is 0. The molecule has 0 spiro atoms. The fraction of sp³-hybridized carbons (Fsp3) is 0.276. The number of piperazine rings is 1. The molecule has 1 aromatic heterocycles. The van der Waals surface area contributed by atoms with Crippen LogP contribution < -0.4 is 0 Å². The van der Waals surface area contributed by atoms with Crippen molar-refractivity contribution in [2.45, 2.75) is 19.0 Å². The highest BCUT2D eigenvalue weighted by molar-refractivity contribution is 5.26. The van der Waals surface area contributed by atoms with Gasteiger partial charge in [-0.2, -0.15) is 0 Å². The van der Waals surface area contributed by atoms with Crippen LogP contribution in [-0.4, -0.2) is 62.7 Å². The van der Waals surface area contributed by atoms with Crippen molar-refractivity contribution in [1.29, 1.82) is 0 Å². The minimum Gasteiger partial charge on any atom is -0.297 e. The first kappa shape index (κ1) is 23.1. The molecule has 35 heavy (non-hydrogen) atoms. The number of hydrogen-bond donors (Lipinski definition) is 0. The van der Waals surface area contributed by atoms with Crippen LogP contribution in [0.4, 0.5) is 0 Å². The summed E-state index contributed by atoms with van der Waals surface area (Å²) in [5, 5.41) is 12.9. The fourth-order valence-electron chi connectivity index (χ4n) is 4.70. The van der Waals surface area contributed by atoms with Crippen LogP contribution in [0.3, 0.4) is 0 Å². The zero-order valence-electron chi connectivity index (χ0n) is 20.0. The van der Waals surface area contributed by atoms with Crippen molar-refractivity contribution in [3.63, 3.8) is 0 Å². The molecule has 0 N–H and O–H groups in total. The van der Waals surface area contributed by atoms with E-state index in [0.717, 1.165) is 45.0 Å². The molecule has 6 heteroatoms. The van der Waals surface area contributed by atoms with Crippen molar-refractivity contribution in [2.24, 2.45) is 0 Å². The summed E-state index contributed by atoms with van der Waals surface area (Å²) in [6, 6.07) is 31.7. The molecule has 1 saturated heterocycles. The van der Waals surface area contributed by atoms with Gasteiger partial charge in [0.05, 0.1) is 12.6 Å². The molecule has 0 aliphatic carbocycles. The van der Waals surface area contributed by atoms with E-state index < -0.39 is 0 Å². The van der Waals surface area contributed by atoms with Gasteiger partial charge in [-0.3, -0.25) is 9.80 Å². The van der Waals surface area contributed by atoms with Gasteiger partial charge in [0.15, 0.2) is 5.82 Å². The van der Waals surface area contributed by atoms with Gasteiger partial charge in [-0.05, 0) is 33.5 Å². The molecule has 1 aliphatic heterocycles. The van der Waals surface area contributed by atoms with Gasteiger partial charge >= 0.3 is 0 Å². The molecular weight excluding hydrogens is 432 g/mol. The van der Waals surface area contributed by atoms with E-state index in [2.05, 4.69) is 122 Å². The van der Waals surface area contributed by atoms with Crippen LogP contribution in [0.2, 0.25) is 0 Å². The van der Waals surface area contributed by atoms with Gasteiger partial charge in [-0.25, -0.2) is 4.68 Å². The normalized spacial score (nSPS) is 16.0. The molecule has 0 amide bonds. The summed E-state index contributed by atoms with van der Waals surface area (Å²) in [7, 11) is 0. The summed E-state index contributed by atoms with van der Waals surface area (Å²) in [4.78, 5) is 5.04. The van der Waals surface area contributed by atoms with Gasteiger partial charge < -0.3 is 0 Å². The molecule has 5 rings (SSSR count). The third kappa shape index (κ3) is 6.10. The van der Waals surface area contributed by atoms with Crippen LogP contribution >= 0.6 is 0 Å². The van der Waals surface area contributed by atoms with Crippen LogP contribution in [-0.2, 0) is 13.0 Å². The maximum atomic E-state index is 4.51. The second-order valence-corrected chi connectivity index (χ2v) is 8.99. The van der Waals surface area contributed by atoms with Gasteiger partial charge in [0.2, 0.25) is 0 Å². The lowest BCUT2D eigenvalue weighted by molar-refractivity contribution is 0.112. The van der Waals surface area contributed by atoms with E-state index in [1.54, 1.807) is 0 Å². The first-order chi connectivity index (χ1) is 17.4. The molecule has 4 aromatic rings. The second kappa shape index (κ2) is 11.7. The minimum absolute atomic E-state index is 0.0330. The van der Waals surface area contributed by atoms with Crippen molar-refractivity contribution in [3.05, 3.63) is 126 Å². The Kier molecular flexibility index (Phi) is 7.73. The molecule has 6 nitrogen and oxygen atoms in total. The number of hydrogen-bond acceptors (Lipinski definition) is 5. The Balaban J connectivity index is 1.25. The van der Waals surface area contributed by atoms with Gasteiger partial charge in [0, 0.05) is 32.7 Å². The highest BCUT2D eigenvalue weighted by Gasteiger charge is 2.30. The lowest BCUT2D eigenvalue weighted by atomic mass is 10.0. The van der Waals surface area contributed by atoms with E-state index in [1.165, 1.54) is 16.7 Å². The Morgan fingerprint density at radius 3 is 2.03 bits per heavy atom. The summed E-state index contributed by atoms with van der Waals surface area (Å²) in [6.45, 7) is 5.66. The van der Waals surface area contributed by atoms with Gasteiger partial charge in [-0.1, -0.05) is 103 Å². The van der Waals surface area contributed by atoms with E-state index in [-0.39, 0.29) is 6.04 Å². The molecule has 1 atom stereocenters. The van der Waals surface area contributed by atoms with Gasteiger partial charge in [0.1, 0.15) is 0 Å². The number of nitrogens with zero attached hydrogens (tertiary/aromatic N) is 6. The standard InChI is InChI=1S/C29H32N6/c1-4-12-25(13-5-1)14-10-11-19-33-20-22-34(23-21-33)28(27-17-8-3-9-18-27)29-30-31-32-35(29)24-26-15-6-2-7-16-26/h1-13,15-18,28H,14,19-24H2/b11-10+/t28-/m1/s1. The first-order valence-corrected chi connectivity index (χ1v) is 12.4. The summed E-state index contributed by atoms with van der Waals surface area (Å²) in [6.07, 6.45) is 5.57. The average Bonchev–Trinajstić information content (AvgIpc) is 3.37. The zero-order chi connectivity index (χ0) is 23.7. The summed E-state index contributed by atoms with van der Waals surface area (Å²) in [5.41, 5.74) is 3.78. The lowest BCUT2D eigenvalue weighted by Crippen LogP contribution is -2.48. The van der Waals surface area contributed by atoms with Gasteiger partial charge in [0.25, 0.3) is 0 Å². The summed E-state index contributed by atoms with van der Waals surface area (Å²) < 4.78 is 1.95. The topological polar surface area (TPSA) is 50.1 Å². The average molecular weight is 465 g/mol. The van der Waals surface area contributed by atoms with Crippen molar-refractivity contribution < 1.29 is 0 Å². The van der Waals surface area contributed by atoms with Crippen LogP contribution in [0.5, 0.6) is 0 Å². The Morgan fingerprint density at radius 1 is 0.714 bits per heavy atom. The quantitative estimate of drug-likeness (QED) is 0.347. The van der Waals surface area contributed by atoms with Crippen molar-refractivity contribution in [2.75, 3.05) is 32.7 Å². The van der Waals surface area contributed by atoms with E-state index >= 15 is 0 Å². The van der Waals surface area contributed by atoms with Crippen LogP contribution in [0, 0.1) is 0 Å². The highest BCUT2D eigenvalue weighted by Crippen LogP contribution is 2.28. The third-order valence-corrected chi connectivity index (χ3v) is 6.59. The van der Waals surface area contributed by atoms with Crippen molar-refractivity contribution in [1.82, 2.24) is 30.0 Å². The number of rotatable bonds is 9. The Labute approximate surface area is 207 Å². The highest BCUT2D eigenvalue weighted by atomic mass is 15.6. The molecule has 0 bridgehead atoms. The Bertz CT molecular complexity index is 1180. The fourth-order valence-corrected chi connectivity index (χ4v) is 4.70. The molecule has 178 valence electrons. The molecule has 0 radical (unpaired) electrons. The van der Waals surface area contributed by atoms with E-state index in [4.69, 9.17) is 0 Å². The number of aromatic nitrogens is 4. The largest absolute Gasteiger partial charge is 0.297 e. The molecule has 0 saturated carbocycles. The van der Waals surface area contributed by atoms with Crippen LogP contribution in [0.15, 0.2) is 103 Å². The monoisotopic (exact) mass is 464 g/mol. The van der Waals surface area contributed by atoms with Crippen molar-refractivity contribution in [3.8, 4) is 0 Å². The summed E-state index contributed by atoms with van der Waals surface area (Å²) in [5.74, 6) is 0.899.